The van der Waals surface area contributed by atoms with Gasteiger partial charge in [0.05, 0.1) is 22.1 Å². The predicted octanol–water partition coefficient (Wildman–Crippen LogP) is 2.89. The molecule has 2 aromatic rings. The summed E-state index contributed by atoms with van der Waals surface area (Å²) in [6.07, 6.45) is 0. The number of benzene rings is 1. The minimum Gasteiger partial charge on any atom is -0.396 e. The molecule has 0 aliphatic rings. The van der Waals surface area contributed by atoms with E-state index < -0.39 is 0 Å². The molecule has 0 radical (unpaired) electrons. The first kappa shape index (κ1) is 17.5. The van der Waals surface area contributed by atoms with E-state index in [1.165, 1.54) is 0 Å². The number of rotatable bonds is 5. The van der Waals surface area contributed by atoms with Crippen LogP contribution in [0.2, 0.25) is 5.02 Å². The summed E-state index contributed by atoms with van der Waals surface area (Å²) in [4.78, 5) is 12.2. The highest BCUT2D eigenvalue weighted by molar-refractivity contribution is 6.31. The molecule has 1 amide bonds. The third kappa shape index (κ3) is 3.74. The van der Waals surface area contributed by atoms with Crippen LogP contribution in [-0.2, 0) is 0 Å². The number of aliphatic hydroxyl groups is 1. The Hall–Kier alpha value is -1.85. The molecule has 5 nitrogen and oxygen atoms in total. The largest absolute Gasteiger partial charge is 0.396 e. The summed E-state index contributed by atoms with van der Waals surface area (Å²) in [5.74, 6) is -0.147. The monoisotopic (exact) mass is 335 g/mol. The SMILES string of the molecule is Cc1nn(-c2ccc(C(=O)NC(C)C(C)CO)cc2)c(C)c1Cl. The standard InChI is InChI=1S/C17H22ClN3O2/c1-10(9-22)11(2)19-17(23)14-5-7-15(8-6-14)21-13(4)16(18)12(3)20-21/h5-8,10-11,22H,9H2,1-4H3,(H,19,23). The van der Waals surface area contributed by atoms with Crippen molar-refractivity contribution < 1.29 is 9.90 Å². The Morgan fingerprint density at radius 3 is 2.39 bits per heavy atom. The zero-order valence-corrected chi connectivity index (χ0v) is 14.6. The zero-order valence-electron chi connectivity index (χ0n) is 13.8. The van der Waals surface area contributed by atoms with E-state index in [9.17, 15) is 4.79 Å². The fourth-order valence-corrected chi connectivity index (χ4v) is 2.34. The summed E-state index contributed by atoms with van der Waals surface area (Å²) in [6.45, 7) is 7.57. The molecule has 1 aromatic heterocycles. The van der Waals surface area contributed by atoms with Crippen molar-refractivity contribution in [3.8, 4) is 5.69 Å². The van der Waals surface area contributed by atoms with E-state index in [1.807, 2.05) is 39.8 Å². The fraction of sp³-hybridized carbons (Fsp3) is 0.412. The first-order valence-corrected chi connectivity index (χ1v) is 7.96. The van der Waals surface area contributed by atoms with Gasteiger partial charge in [-0.2, -0.15) is 5.10 Å². The Balaban J connectivity index is 2.16. The molecule has 0 fully saturated rings. The Bertz CT molecular complexity index is 695. The van der Waals surface area contributed by atoms with Crippen LogP contribution in [0.15, 0.2) is 24.3 Å². The van der Waals surface area contributed by atoms with Crippen molar-refractivity contribution in [3.63, 3.8) is 0 Å². The molecule has 6 heteroatoms. The molecule has 2 N–H and O–H groups in total. The van der Waals surface area contributed by atoms with Gasteiger partial charge in [-0.3, -0.25) is 4.79 Å². The van der Waals surface area contributed by atoms with Crippen LogP contribution >= 0.6 is 11.6 Å². The predicted molar refractivity (Wildman–Crippen MR) is 91.2 cm³/mol. The maximum Gasteiger partial charge on any atom is 0.251 e. The lowest BCUT2D eigenvalue weighted by Gasteiger charge is -2.19. The zero-order chi connectivity index (χ0) is 17.1. The van der Waals surface area contributed by atoms with Gasteiger partial charge < -0.3 is 10.4 Å². The molecule has 1 heterocycles. The van der Waals surface area contributed by atoms with Gasteiger partial charge >= 0.3 is 0 Å². The van der Waals surface area contributed by atoms with E-state index in [2.05, 4.69) is 10.4 Å². The van der Waals surface area contributed by atoms with Crippen LogP contribution in [-0.4, -0.2) is 33.4 Å². The quantitative estimate of drug-likeness (QED) is 0.882. The maximum atomic E-state index is 12.2. The van der Waals surface area contributed by atoms with E-state index in [0.29, 0.717) is 10.6 Å². The average Bonchev–Trinajstić information content (AvgIpc) is 2.81. The number of aryl methyl sites for hydroxylation is 1. The molecule has 23 heavy (non-hydrogen) atoms. The lowest BCUT2D eigenvalue weighted by atomic mass is 10.0. The molecule has 0 bridgehead atoms. The number of halogens is 1. The highest BCUT2D eigenvalue weighted by Gasteiger charge is 2.16. The summed E-state index contributed by atoms with van der Waals surface area (Å²) in [6, 6.07) is 7.09. The minimum absolute atomic E-state index is 0.00932. The van der Waals surface area contributed by atoms with E-state index >= 15 is 0 Å². The van der Waals surface area contributed by atoms with Crippen LogP contribution in [0, 0.1) is 19.8 Å². The smallest absolute Gasteiger partial charge is 0.251 e. The molecule has 0 spiro atoms. The van der Waals surface area contributed by atoms with Crippen molar-refractivity contribution in [1.29, 1.82) is 0 Å². The second-order valence-electron chi connectivity index (χ2n) is 5.87. The van der Waals surface area contributed by atoms with E-state index in [1.54, 1.807) is 16.8 Å². The molecule has 0 saturated heterocycles. The second kappa shape index (κ2) is 7.15. The summed E-state index contributed by atoms with van der Waals surface area (Å²) in [5, 5.41) is 17.1. The number of hydrogen-bond acceptors (Lipinski definition) is 3. The summed E-state index contributed by atoms with van der Waals surface area (Å²) >= 11 is 6.16. The number of amides is 1. The van der Waals surface area contributed by atoms with Gasteiger partial charge in [-0.25, -0.2) is 4.68 Å². The number of carbonyl (C=O) groups is 1. The lowest BCUT2D eigenvalue weighted by Crippen LogP contribution is -2.38. The number of carbonyl (C=O) groups excluding carboxylic acids is 1. The van der Waals surface area contributed by atoms with Crippen LogP contribution in [0.1, 0.15) is 35.6 Å². The number of nitrogens with one attached hydrogen (secondary N) is 1. The normalized spacial score (nSPS) is 13.7. The lowest BCUT2D eigenvalue weighted by molar-refractivity contribution is 0.0916. The van der Waals surface area contributed by atoms with E-state index in [4.69, 9.17) is 16.7 Å². The number of nitrogens with zero attached hydrogens (tertiary/aromatic N) is 2. The summed E-state index contributed by atoms with van der Waals surface area (Å²) < 4.78 is 1.76. The summed E-state index contributed by atoms with van der Waals surface area (Å²) in [7, 11) is 0. The van der Waals surface area contributed by atoms with Gasteiger partial charge in [-0.15, -0.1) is 0 Å². The van der Waals surface area contributed by atoms with Gasteiger partial charge in [0.25, 0.3) is 5.91 Å². The van der Waals surface area contributed by atoms with Crippen molar-refractivity contribution >= 4 is 17.5 Å². The number of aromatic nitrogens is 2. The third-order valence-corrected chi connectivity index (χ3v) is 4.62. The van der Waals surface area contributed by atoms with Crippen LogP contribution in [0.5, 0.6) is 0 Å². The average molecular weight is 336 g/mol. The van der Waals surface area contributed by atoms with Gasteiger partial charge in [0.1, 0.15) is 0 Å². The molecular formula is C17H22ClN3O2. The topological polar surface area (TPSA) is 67.2 Å². The van der Waals surface area contributed by atoms with Crippen molar-refractivity contribution in [2.24, 2.45) is 5.92 Å². The first-order valence-electron chi connectivity index (χ1n) is 7.59. The van der Waals surface area contributed by atoms with Gasteiger partial charge in [0, 0.05) is 18.2 Å². The van der Waals surface area contributed by atoms with E-state index in [-0.39, 0.29) is 24.5 Å². The molecule has 1 aromatic carbocycles. The van der Waals surface area contributed by atoms with Crippen molar-refractivity contribution in [3.05, 3.63) is 46.2 Å². The van der Waals surface area contributed by atoms with Crippen molar-refractivity contribution in [2.45, 2.75) is 33.7 Å². The van der Waals surface area contributed by atoms with Crippen molar-refractivity contribution in [1.82, 2.24) is 15.1 Å². The molecule has 0 aliphatic carbocycles. The molecule has 0 aliphatic heterocycles. The van der Waals surface area contributed by atoms with Gasteiger partial charge in [0.15, 0.2) is 0 Å². The van der Waals surface area contributed by atoms with Crippen LogP contribution in [0.25, 0.3) is 5.69 Å². The maximum absolute atomic E-state index is 12.2. The molecule has 124 valence electrons. The van der Waals surface area contributed by atoms with Crippen LogP contribution in [0.4, 0.5) is 0 Å². The Kier molecular flexibility index (Phi) is 5.44. The van der Waals surface area contributed by atoms with Crippen LogP contribution in [0.3, 0.4) is 0 Å². The molecule has 2 rings (SSSR count). The van der Waals surface area contributed by atoms with Crippen LogP contribution < -0.4 is 5.32 Å². The first-order chi connectivity index (χ1) is 10.8. The molecule has 2 atom stereocenters. The third-order valence-electron chi connectivity index (χ3n) is 4.08. The van der Waals surface area contributed by atoms with Gasteiger partial charge in [-0.1, -0.05) is 18.5 Å². The second-order valence-corrected chi connectivity index (χ2v) is 6.24. The molecular weight excluding hydrogens is 314 g/mol. The van der Waals surface area contributed by atoms with E-state index in [0.717, 1.165) is 17.1 Å². The van der Waals surface area contributed by atoms with Gasteiger partial charge in [0.2, 0.25) is 0 Å². The molecule has 0 saturated carbocycles. The van der Waals surface area contributed by atoms with Gasteiger partial charge in [-0.05, 0) is 51.0 Å². The summed E-state index contributed by atoms with van der Waals surface area (Å²) in [5.41, 5.74) is 3.06. The highest BCUT2D eigenvalue weighted by Crippen LogP contribution is 2.22. The fourth-order valence-electron chi connectivity index (χ4n) is 2.22. The number of hydrogen-bond donors (Lipinski definition) is 2. The Morgan fingerprint density at radius 2 is 1.91 bits per heavy atom. The Labute approximate surface area is 141 Å². The highest BCUT2D eigenvalue weighted by atomic mass is 35.5. The van der Waals surface area contributed by atoms with Crippen molar-refractivity contribution in [2.75, 3.05) is 6.61 Å². The molecule has 2 unspecified atom stereocenters. The minimum atomic E-state index is -0.157. The Morgan fingerprint density at radius 1 is 1.30 bits per heavy atom. The number of aliphatic hydroxyl groups excluding tert-OH is 1.